The van der Waals surface area contributed by atoms with Gasteiger partial charge in [-0.25, -0.2) is 4.79 Å². The average molecular weight is 386 g/mol. The van der Waals surface area contributed by atoms with Gasteiger partial charge in [0.05, 0.1) is 6.61 Å². The van der Waals surface area contributed by atoms with E-state index in [1.54, 1.807) is 19.1 Å². The van der Waals surface area contributed by atoms with Crippen molar-refractivity contribution in [2.24, 2.45) is 0 Å². The van der Waals surface area contributed by atoms with Gasteiger partial charge in [0, 0.05) is 19.2 Å². The third kappa shape index (κ3) is 5.69. The van der Waals surface area contributed by atoms with Gasteiger partial charge in [0.1, 0.15) is 6.54 Å². The molecule has 2 amide bonds. The molecule has 1 heterocycles. The van der Waals surface area contributed by atoms with Gasteiger partial charge in [-0.1, -0.05) is 29.4 Å². The van der Waals surface area contributed by atoms with Crippen molar-refractivity contribution in [2.45, 2.75) is 19.6 Å². The number of amides is 2. The van der Waals surface area contributed by atoms with Crippen molar-refractivity contribution in [3.63, 3.8) is 0 Å². The highest BCUT2D eigenvalue weighted by Crippen LogP contribution is 2.29. The van der Waals surface area contributed by atoms with Gasteiger partial charge in [-0.2, -0.15) is 18.2 Å². The van der Waals surface area contributed by atoms with Crippen LogP contribution >= 0.6 is 0 Å². The average Bonchev–Trinajstić information content (AvgIpc) is 3.10. The van der Waals surface area contributed by atoms with Gasteiger partial charge in [0.25, 0.3) is 0 Å². The molecule has 0 aliphatic heterocycles. The lowest BCUT2D eigenvalue weighted by Crippen LogP contribution is -2.40. The van der Waals surface area contributed by atoms with Gasteiger partial charge in [0.15, 0.2) is 0 Å². The van der Waals surface area contributed by atoms with Crippen LogP contribution in [0.2, 0.25) is 0 Å². The molecular formula is C16H17F3N4O4. The maximum atomic E-state index is 12.5. The fourth-order valence-electron chi connectivity index (χ4n) is 2.01. The van der Waals surface area contributed by atoms with Crippen LogP contribution in [0.3, 0.4) is 0 Å². The number of urea groups is 1. The molecule has 1 aromatic carbocycles. The molecule has 11 heteroatoms. The van der Waals surface area contributed by atoms with E-state index in [2.05, 4.69) is 20.0 Å². The van der Waals surface area contributed by atoms with Gasteiger partial charge >= 0.3 is 24.1 Å². The molecule has 0 aliphatic rings. The minimum Gasteiger partial charge on any atom is -0.465 e. The fraction of sp³-hybridized carbons (Fsp3) is 0.375. The van der Waals surface area contributed by atoms with E-state index in [1.165, 1.54) is 24.1 Å². The summed E-state index contributed by atoms with van der Waals surface area (Å²) in [5, 5.41) is 5.91. The van der Waals surface area contributed by atoms with Crippen molar-refractivity contribution in [3.05, 3.63) is 35.7 Å². The largest absolute Gasteiger partial charge is 0.471 e. The second kappa shape index (κ2) is 8.52. The zero-order chi connectivity index (χ0) is 20.0. The highest BCUT2D eigenvalue weighted by Gasteiger charge is 2.38. The highest BCUT2D eigenvalue weighted by molar-refractivity contribution is 5.80. The Morgan fingerprint density at radius 3 is 2.48 bits per heavy atom. The topological polar surface area (TPSA) is 97.6 Å². The second-order valence-corrected chi connectivity index (χ2v) is 5.44. The number of nitrogens with one attached hydrogen (secondary N) is 1. The number of carbonyl (C=O) groups is 2. The molecule has 8 nitrogen and oxygen atoms in total. The Balaban J connectivity index is 1.91. The lowest BCUT2D eigenvalue weighted by molar-refractivity contribution is -0.159. The summed E-state index contributed by atoms with van der Waals surface area (Å²) in [6, 6.07) is 5.75. The third-order valence-electron chi connectivity index (χ3n) is 3.34. The number of likely N-dealkylation sites (N-methyl/N-ethyl adjacent to an activating group) is 1. The summed E-state index contributed by atoms with van der Waals surface area (Å²) in [5.74, 6) is -2.12. The summed E-state index contributed by atoms with van der Waals surface area (Å²) >= 11 is 0. The molecule has 0 atom stereocenters. The van der Waals surface area contributed by atoms with E-state index in [0.717, 1.165) is 0 Å². The maximum absolute atomic E-state index is 12.5. The Morgan fingerprint density at radius 2 is 1.93 bits per heavy atom. The predicted octanol–water partition coefficient (Wildman–Crippen LogP) is 2.46. The summed E-state index contributed by atoms with van der Waals surface area (Å²) in [6.07, 6.45) is -4.70. The Labute approximate surface area is 152 Å². The number of rotatable bonds is 6. The number of hydrogen-bond donors (Lipinski definition) is 1. The Morgan fingerprint density at radius 1 is 1.26 bits per heavy atom. The number of aromatic nitrogens is 2. The van der Waals surface area contributed by atoms with Gasteiger partial charge < -0.3 is 19.5 Å². The number of nitrogens with zero attached hydrogens (tertiary/aromatic N) is 3. The maximum Gasteiger partial charge on any atom is 0.471 e. The van der Waals surface area contributed by atoms with Crippen LogP contribution in [-0.4, -0.2) is 47.2 Å². The van der Waals surface area contributed by atoms with E-state index in [1.807, 2.05) is 0 Å². The SMILES string of the molecule is CCOC(=O)CN(C)C(=O)NCc1ccc(-c2noc(C(F)(F)F)n2)cc1. The minimum atomic E-state index is -4.70. The summed E-state index contributed by atoms with van der Waals surface area (Å²) in [7, 11) is 1.45. The zero-order valence-corrected chi connectivity index (χ0v) is 14.5. The molecule has 1 N–H and O–H groups in total. The molecule has 0 radical (unpaired) electrons. The number of ether oxygens (including phenoxy) is 1. The lowest BCUT2D eigenvalue weighted by Gasteiger charge is -2.17. The second-order valence-electron chi connectivity index (χ2n) is 5.44. The van der Waals surface area contributed by atoms with E-state index < -0.39 is 24.1 Å². The molecule has 146 valence electrons. The first-order valence-corrected chi connectivity index (χ1v) is 7.85. The number of hydrogen-bond acceptors (Lipinski definition) is 6. The predicted molar refractivity (Wildman–Crippen MR) is 86.2 cm³/mol. The first kappa shape index (κ1) is 20.2. The molecule has 0 saturated heterocycles. The van der Waals surface area contributed by atoms with Crippen molar-refractivity contribution in [2.75, 3.05) is 20.2 Å². The van der Waals surface area contributed by atoms with Gasteiger partial charge in [-0.05, 0) is 12.5 Å². The monoisotopic (exact) mass is 386 g/mol. The molecule has 1 aromatic heterocycles. The van der Waals surface area contributed by atoms with E-state index in [4.69, 9.17) is 4.74 Å². The van der Waals surface area contributed by atoms with E-state index in [9.17, 15) is 22.8 Å². The normalized spacial score (nSPS) is 11.1. The number of carbonyl (C=O) groups excluding carboxylic acids is 2. The van der Waals surface area contributed by atoms with Crippen LogP contribution in [-0.2, 0) is 22.3 Å². The van der Waals surface area contributed by atoms with E-state index in [-0.39, 0.29) is 25.5 Å². The minimum absolute atomic E-state index is 0.159. The fourth-order valence-corrected chi connectivity index (χ4v) is 2.01. The van der Waals surface area contributed by atoms with Crippen molar-refractivity contribution in [1.82, 2.24) is 20.4 Å². The van der Waals surface area contributed by atoms with Crippen LogP contribution in [0, 0.1) is 0 Å². The standard InChI is InChI=1S/C16H17F3N4O4/c1-3-26-12(24)9-23(2)15(25)20-8-10-4-6-11(7-5-10)13-21-14(27-22-13)16(17,18)19/h4-7H,3,8-9H2,1-2H3,(H,20,25). The Kier molecular flexibility index (Phi) is 6.37. The van der Waals surface area contributed by atoms with Gasteiger partial charge in [-0.3, -0.25) is 4.79 Å². The quantitative estimate of drug-likeness (QED) is 0.766. The first-order chi connectivity index (χ1) is 12.7. The summed E-state index contributed by atoms with van der Waals surface area (Å²) < 4.78 is 46.4. The van der Waals surface area contributed by atoms with E-state index >= 15 is 0 Å². The van der Waals surface area contributed by atoms with Gasteiger partial charge in [-0.15, -0.1) is 0 Å². The molecule has 0 bridgehead atoms. The van der Waals surface area contributed by atoms with Crippen LogP contribution in [0.25, 0.3) is 11.4 Å². The molecule has 0 aliphatic carbocycles. The number of halogens is 3. The molecular weight excluding hydrogens is 369 g/mol. The molecule has 0 spiro atoms. The number of alkyl halides is 3. The van der Waals surface area contributed by atoms with Crippen LogP contribution < -0.4 is 5.32 Å². The summed E-state index contributed by atoms with van der Waals surface area (Å²) in [4.78, 5) is 27.7. The summed E-state index contributed by atoms with van der Waals surface area (Å²) in [5.41, 5.74) is 1.03. The highest BCUT2D eigenvalue weighted by atomic mass is 19.4. The first-order valence-electron chi connectivity index (χ1n) is 7.85. The zero-order valence-electron chi connectivity index (χ0n) is 14.5. The van der Waals surface area contributed by atoms with Crippen LogP contribution in [0.5, 0.6) is 0 Å². The molecule has 0 saturated carbocycles. The van der Waals surface area contributed by atoms with Crippen LogP contribution in [0.1, 0.15) is 18.4 Å². The number of benzene rings is 1. The smallest absolute Gasteiger partial charge is 0.465 e. The van der Waals surface area contributed by atoms with E-state index in [0.29, 0.717) is 11.1 Å². The molecule has 27 heavy (non-hydrogen) atoms. The Hall–Kier alpha value is -3.11. The summed E-state index contributed by atoms with van der Waals surface area (Å²) in [6.45, 7) is 1.87. The van der Waals surface area contributed by atoms with Crippen molar-refractivity contribution in [1.29, 1.82) is 0 Å². The molecule has 2 rings (SSSR count). The van der Waals surface area contributed by atoms with Crippen molar-refractivity contribution < 1.29 is 32.0 Å². The molecule has 0 fully saturated rings. The Bertz CT molecular complexity index is 790. The third-order valence-corrected chi connectivity index (χ3v) is 3.34. The van der Waals surface area contributed by atoms with Crippen LogP contribution in [0.4, 0.5) is 18.0 Å². The molecule has 2 aromatic rings. The lowest BCUT2D eigenvalue weighted by atomic mass is 10.1. The van der Waals surface area contributed by atoms with Crippen molar-refractivity contribution >= 4 is 12.0 Å². The van der Waals surface area contributed by atoms with Crippen molar-refractivity contribution in [3.8, 4) is 11.4 Å². The van der Waals surface area contributed by atoms with Crippen LogP contribution in [0.15, 0.2) is 28.8 Å². The number of esters is 1. The van der Waals surface area contributed by atoms with Gasteiger partial charge in [0.2, 0.25) is 5.82 Å². The molecule has 0 unspecified atom stereocenters.